The molecule has 4 aliphatic rings. The van der Waals surface area contributed by atoms with E-state index in [1.807, 2.05) is 36.5 Å². The zero-order chi connectivity index (χ0) is 16.5. The Hall–Kier alpha value is -2.32. The van der Waals surface area contributed by atoms with E-state index in [1.165, 1.54) is 0 Å². The van der Waals surface area contributed by atoms with Crippen molar-refractivity contribution in [2.75, 3.05) is 0 Å². The third-order valence-corrected chi connectivity index (χ3v) is 5.04. The number of thioether (sulfide) groups is 2. The summed E-state index contributed by atoms with van der Waals surface area (Å²) in [6.07, 6.45) is 13.7. The van der Waals surface area contributed by atoms with Crippen LogP contribution in [0.4, 0.5) is 9.59 Å². The third kappa shape index (κ3) is 2.90. The molecule has 6 nitrogen and oxygen atoms in total. The van der Waals surface area contributed by atoms with Gasteiger partial charge < -0.3 is 9.47 Å². The number of ether oxygens (including phenoxy) is 2. The fraction of sp³-hybridized carbons (Fsp3) is 0.125. The van der Waals surface area contributed by atoms with Crippen molar-refractivity contribution in [2.45, 2.75) is 12.2 Å². The molecule has 120 valence electrons. The van der Waals surface area contributed by atoms with Gasteiger partial charge in [-0.3, -0.25) is 0 Å². The first-order valence-corrected chi connectivity index (χ1v) is 8.71. The molecule has 4 rings (SSSR count). The fourth-order valence-electron chi connectivity index (χ4n) is 2.42. The Labute approximate surface area is 145 Å². The van der Waals surface area contributed by atoms with Crippen LogP contribution in [-0.4, -0.2) is 22.8 Å². The maximum atomic E-state index is 11.7. The van der Waals surface area contributed by atoms with Gasteiger partial charge in [0.25, 0.3) is 0 Å². The van der Waals surface area contributed by atoms with Crippen LogP contribution in [0.25, 0.3) is 0 Å². The summed E-state index contributed by atoms with van der Waals surface area (Å²) < 4.78 is 10.5. The van der Waals surface area contributed by atoms with Gasteiger partial charge in [0.05, 0.1) is 0 Å². The molecule has 0 amide bonds. The van der Waals surface area contributed by atoms with Crippen molar-refractivity contribution in [1.82, 2.24) is 0 Å². The average Bonchev–Trinajstić information content (AvgIpc) is 2.59. The molecule has 2 aliphatic carbocycles. The maximum absolute atomic E-state index is 11.7. The Morgan fingerprint density at radius 3 is 1.67 bits per heavy atom. The molecular weight excluding hydrogens is 348 g/mol. The molecule has 2 unspecified atom stereocenters. The van der Waals surface area contributed by atoms with Crippen molar-refractivity contribution in [3.8, 4) is 0 Å². The lowest BCUT2D eigenvalue weighted by atomic mass is 10.1. The Bertz CT molecular complexity index is 765. The van der Waals surface area contributed by atoms with Crippen LogP contribution < -0.4 is 0 Å². The zero-order valence-electron chi connectivity index (χ0n) is 12.1. The molecule has 0 fully saturated rings. The predicted octanol–water partition coefficient (Wildman–Crippen LogP) is 4.62. The Morgan fingerprint density at radius 2 is 1.21 bits per heavy atom. The topological polar surface area (TPSA) is 77.3 Å². The molecule has 0 spiro atoms. The highest BCUT2D eigenvalue weighted by Crippen LogP contribution is 2.38. The fourth-order valence-corrected chi connectivity index (χ4v) is 3.80. The molecule has 0 aromatic carbocycles. The summed E-state index contributed by atoms with van der Waals surface area (Å²) in [5.41, 5.74) is 1.55. The number of hydrogen-bond acceptors (Lipinski definition) is 8. The van der Waals surface area contributed by atoms with Crippen molar-refractivity contribution in [2.24, 2.45) is 10.2 Å². The lowest BCUT2D eigenvalue weighted by molar-refractivity contribution is 0.159. The van der Waals surface area contributed by atoms with Crippen molar-refractivity contribution in [3.05, 3.63) is 69.8 Å². The molecule has 0 bridgehead atoms. The highest BCUT2D eigenvalue weighted by Gasteiger charge is 2.30. The van der Waals surface area contributed by atoms with Gasteiger partial charge >= 0.3 is 10.6 Å². The van der Waals surface area contributed by atoms with Crippen LogP contribution >= 0.6 is 23.5 Å². The summed E-state index contributed by atoms with van der Waals surface area (Å²) in [5.74, 6) is 0. The SMILES string of the molecule is O=C1OC2C=CC=CC2=C(N=NC2=C3C=CC=CC3OC(=O)S2)S1. The van der Waals surface area contributed by atoms with Gasteiger partial charge in [-0.15, -0.1) is 10.2 Å². The highest BCUT2D eigenvalue weighted by atomic mass is 32.2. The van der Waals surface area contributed by atoms with Gasteiger partial charge in [0.1, 0.15) is 22.3 Å². The van der Waals surface area contributed by atoms with E-state index >= 15 is 0 Å². The number of allylic oxidation sites excluding steroid dienone is 4. The number of carbonyl (C=O) groups is 2. The van der Waals surface area contributed by atoms with Gasteiger partial charge in [0.15, 0.2) is 0 Å². The minimum Gasteiger partial charge on any atom is -0.445 e. The van der Waals surface area contributed by atoms with Crippen molar-refractivity contribution in [3.63, 3.8) is 0 Å². The first-order chi connectivity index (χ1) is 11.7. The van der Waals surface area contributed by atoms with E-state index in [0.717, 1.165) is 34.7 Å². The molecule has 0 radical (unpaired) electrons. The second kappa shape index (κ2) is 6.29. The van der Waals surface area contributed by atoms with Crippen LogP contribution in [0, 0.1) is 0 Å². The van der Waals surface area contributed by atoms with Crippen LogP contribution in [0.1, 0.15) is 0 Å². The lowest BCUT2D eigenvalue weighted by Gasteiger charge is -2.24. The summed E-state index contributed by atoms with van der Waals surface area (Å²) >= 11 is 1.77. The largest absolute Gasteiger partial charge is 0.445 e. The summed E-state index contributed by atoms with van der Waals surface area (Å²) in [7, 11) is 0. The molecule has 0 aromatic rings. The number of carbonyl (C=O) groups excluding carboxylic acids is 2. The molecule has 2 aliphatic heterocycles. The Kier molecular flexibility index (Phi) is 3.99. The van der Waals surface area contributed by atoms with Crippen molar-refractivity contribution >= 4 is 34.1 Å². The number of azo groups is 1. The first kappa shape index (κ1) is 15.2. The Morgan fingerprint density at radius 1 is 0.750 bits per heavy atom. The molecular formula is C16H10N2O4S2. The molecule has 24 heavy (non-hydrogen) atoms. The minimum atomic E-state index is -0.440. The van der Waals surface area contributed by atoms with E-state index in [4.69, 9.17) is 9.47 Å². The monoisotopic (exact) mass is 358 g/mol. The average molecular weight is 358 g/mol. The van der Waals surface area contributed by atoms with Crippen LogP contribution in [0.2, 0.25) is 0 Å². The smallest absolute Gasteiger partial charge is 0.374 e. The van der Waals surface area contributed by atoms with E-state index in [9.17, 15) is 9.59 Å². The van der Waals surface area contributed by atoms with Crippen LogP contribution in [0.3, 0.4) is 0 Å². The molecule has 8 heteroatoms. The highest BCUT2D eigenvalue weighted by molar-refractivity contribution is 8.17. The quantitative estimate of drug-likeness (QED) is 0.529. The van der Waals surface area contributed by atoms with E-state index in [1.54, 1.807) is 12.2 Å². The Balaban J connectivity index is 1.69. The number of fused-ring (bicyclic) bond motifs is 2. The molecule has 2 atom stereocenters. The van der Waals surface area contributed by atoms with Crippen molar-refractivity contribution < 1.29 is 19.1 Å². The lowest BCUT2D eigenvalue weighted by Crippen LogP contribution is -2.22. The van der Waals surface area contributed by atoms with Gasteiger partial charge in [0, 0.05) is 34.7 Å². The molecule has 0 N–H and O–H groups in total. The predicted molar refractivity (Wildman–Crippen MR) is 91.2 cm³/mol. The maximum Gasteiger partial charge on any atom is 0.374 e. The standard InChI is InChI=1S/C16H10N2O4S2/c19-15-21-11-7-3-1-5-9(11)13(23-15)17-18-14-10-6-2-4-8-12(10)22-16(20)24-14/h1-8,11-12H. The molecule has 0 saturated heterocycles. The third-order valence-electron chi connectivity index (χ3n) is 3.49. The van der Waals surface area contributed by atoms with E-state index < -0.39 is 22.8 Å². The zero-order valence-corrected chi connectivity index (χ0v) is 13.8. The molecule has 0 saturated carbocycles. The van der Waals surface area contributed by atoms with E-state index in [2.05, 4.69) is 10.2 Å². The number of hydrogen-bond donors (Lipinski definition) is 0. The van der Waals surface area contributed by atoms with Gasteiger partial charge in [-0.2, -0.15) is 0 Å². The first-order valence-electron chi connectivity index (χ1n) is 7.07. The normalized spacial score (nSPS) is 28.2. The number of nitrogens with zero attached hydrogens (tertiary/aromatic N) is 2. The second-order valence-electron chi connectivity index (χ2n) is 4.99. The molecule has 0 aromatic heterocycles. The number of rotatable bonds is 2. The van der Waals surface area contributed by atoms with Gasteiger partial charge in [-0.1, -0.05) is 36.5 Å². The summed E-state index contributed by atoms with van der Waals surface area (Å²) in [6, 6.07) is 0. The van der Waals surface area contributed by atoms with E-state index in [-0.39, 0.29) is 0 Å². The summed E-state index contributed by atoms with van der Waals surface area (Å²) in [6.45, 7) is 0. The van der Waals surface area contributed by atoms with Gasteiger partial charge in [-0.05, 0) is 12.2 Å². The van der Waals surface area contributed by atoms with Gasteiger partial charge in [0.2, 0.25) is 0 Å². The summed E-state index contributed by atoms with van der Waals surface area (Å²) in [4.78, 5) is 23.4. The van der Waals surface area contributed by atoms with Crippen molar-refractivity contribution in [1.29, 1.82) is 0 Å². The minimum absolute atomic E-state index is 0.426. The van der Waals surface area contributed by atoms with Crippen LogP contribution in [0.5, 0.6) is 0 Å². The van der Waals surface area contributed by atoms with Gasteiger partial charge in [-0.25, -0.2) is 9.59 Å². The van der Waals surface area contributed by atoms with Crippen LogP contribution in [-0.2, 0) is 9.47 Å². The van der Waals surface area contributed by atoms with Crippen LogP contribution in [0.15, 0.2) is 80.0 Å². The molecule has 2 heterocycles. The van der Waals surface area contributed by atoms with E-state index in [0.29, 0.717) is 10.1 Å². The second-order valence-corrected chi connectivity index (χ2v) is 6.84. The summed E-state index contributed by atoms with van der Waals surface area (Å²) in [5, 5.41) is 8.49.